The summed E-state index contributed by atoms with van der Waals surface area (Å²) in [6.45, 7) is 3.83. The smallest absolute Gasteiger partial charge is 0.0798 e. The molecule has 0 bridgehead atoms. The van der Waals surface area contributed by atoms with E-state index in [-0.39, 0.29) is 0 Å². The fraction of sp³-hybridized carbons (Fsp3) is 0.467. The summed E-state index contributed by atoms with van der Waals surface area (Å²) < 4.78 is 0. The number of nitrogens with zero attached hydrogens (tertiary/aromatic N) is 3. The van der Waals surface area contributed by atoms with E-state index >= 15 is 0 Å². The topological polar surface area (TPSA) is 41.1 Å². The molecule has 4 nitrogen and oxygen atoms in total. The number of pyridine rings is 1. The molecule has 0 aliphatic heterocycles. The highest BCUT2D eigenvalue weighted by Gasteiger charge is 2.20. The molecule has 2 aromatic rings. The molecule has 0 amide bonds. The van der Waals surface area contributed by atoms with Crippen molar-refractivity contribution in [2.45, 2.75) is 38.9 Å². The summed E-state index contributed by atoms with van der Waals surface area (Å²) in [6.07, 6.45) is 4.52. The van der Waals surface area contributed by atoms with Gasteiger partial charge in [0.15, 0.2) is 0 Å². The quantitative estimate of drug-likeness (QED) is 0.887. The van der Waals surface area contributed by atoms with Gasteiger partial charge in [0.1, 0.15) is 0 Å². The summed E-state index contributed by atoms with van der Waals surface area (Å²) >= 11 is 1.72. The lowest BCUT2D eigenvalue weighted by Gasteiger charge is -2.19. The maximum atomic E-state index is 4.44. The second-order valence-electron chi connectivity index (χ2n) is 5.38. The molecule has 5 heteroatoms. The van der Waals surface area contributed by atoms with Crippen molar-refractivity contribution in [1.82, 2.24) is 15.3 Å². The molecule has 2 aromatic heterocycles. The van der Waals surface area contributed by atoms with Gasteiger partial charge in [-0.3, -0.25) is 4.98 Å². The van der Waals surface area contributed by atoms with Crippen molar-refractivity contribution in [1.29, 1.82) is 0 Å². The van der Waals surface area contributed by atoms with Gasteiger partial charge >= 0.3 is 0 Å². The highest BCUT2D eigenvalue weighted by molar-refractivity contribution is 7.09. The summed E-state index contributed by atoms with van der Waals surface area (Å²) in [6, 6.07) is 4.96. The van der Waals surface area contributed by atoms with Crippen molar-refractivity contribution < 1.29 is 0 Å². The molecule has 0 unspecified atom stereocenters. The molecule has 0 spiro atoms. The fourth-order valence-electron chi connectivity index (χ4n) is 2.12. The molecule has 0 aromatic carbocycles. The zero-order valence-electron chi connectivity index (χ0n) is 12.0. The predicted octanol–water partition coefficient (Wildman–Crippen LogP) is 2.73. The highest BCUT2D eigenvalue weighted by Crippen LogP contribution is 2.21. The second kappa shape index (κ2) is 5.89. The average molecular weight is 288 g/mol. The molecular formula is C15H20N4S. The Morgan fingerprint density at radius 1 is 1.40 bits per heavy atom. The minimum atomic E-state index is 0.720. The third kappa shape index (κ3) is 3.35. The van der Waals surface area contributed by atoms with Crippen LogP contribution in [0.1, 0.15) is 29.1 Å². The zero-order valence-corrected chi connectivity index (χ0v) is 12.8. The predicted molar refractivity (Wildman–Crippen MR) is 83.1 cm³/mol. The Morgan fingerprint density at radius 2 is 2.25 bits per heavy atom. The Bertz CT molecular complexity index is 577. The number of hydrogen-bond acceptors (Lipinski definition) is 5. The second-order valence-corrected chi connectivity index (χ2v) is 6.32. The van der Waals surface area contributed by atoms with Gasteiger partial charge in [-0.1, -0.05) is 0 Å². The summed E-state index contributed by atoms with van der Waals surface area (Å²) in [5.74, 6) is 0. The van der Waals surface area contributed by atoms with Crippen molar-refractivity contribution >= 4 is 17.0 Å². The molecule has 1 aliphatic carbocycles. The maximum absolute atomic E-state index is 4.44. The lowest BCUT2D eigenvalue weighted by molar-refractivity contribution is 0.674. The third-order valence-corrected chi connectivity index (χ3v) is 4.54. The molecule has 3 rings (SSSR count). The van der Waals surface area contributed by atoms with E-state index in [0.717, 1.165) is 30.5 Å². The highest BCUT2D eigenvalue weighted by atomic mass is 32.1. The number of thiazole rings is 1. The van der Waals surface area contributed by atoms with Gasteiger partial charge in [-0.25, -0.2) is 4.98 Å². The van der Waals surface area contributed by atoms with Crippen LogP contribution in [-0.4, -0.2) is 23.1 Å². The van der Waals surface area contributed by atoms with Crippen molar-refractivity contribution in [3.8, 4) is 0 Å². The van der Waals surface area contributed by atoms with Crippen LogP contribution in [0.4, 0.5) is 5.69 Å². The SMILES string of the molecule is Cc1ncsc1CN(C)c1ccnc(CNC2CC2)c1. The van der Waals surface area contributed by atoms with Crippen LogP contribution in [0.2, 0.25) is 0 Å². The Balaban J connectivity index is 1.65. The van der Waals surface area contributed by atoms with Crippen LogP contribution in [0, 0.1) is 6.92 Å². The fourth-order valence-corrected chi connectivity index (χ4v) is 2.95. The summed E-state index contributed by atoms with van der Waals surface area (Å²) in [4.78, 5) is 12.3. The number of anilines is 1. The summed E-state index contributed by atoms with van der Waals surface area (Å²) in [7, 11) is 2.12. The minimum absolute atomic E-state index is 0.720. The van der Waals surface area contributed by atoms with Gasteiger partial charge in [0, 0.05) is 36.4 Å². The van der Waals surface area contributed by atoms with E-state index in [1.165, 1.54) is 23.4 Å². The summed E-state index contributed by atoms with van der Waals surface area (Å²) in [5.41, 5.74) is 5.37. The first kappa shape index (κ1) is 13.5. The minimum Gasteiger partial charge on any atom is -0.369 e. The van der Waals surface area contributed by atoms with Gasteiger partial charge in [-0.05, 0) is 31.9 Å². The number of aromatic nitrogens is 2. The molecule has 0 atom stereocenters. The van der Waals surface area contributed by atoms with E-state index in [1.54, 1.807) is 11.3 Å². The summed E-state index contributed by atoms with van der Waals surface area (Å²) in [5, 5.41) is 3.50. The van der Waals surface area contributed by atoms with E-state index in [1.807, 2.05) is 11.7 Å². The van der Waals surface area contributed by atoms with Gasteiger partial charge in [0.05, 0.1) is 23.4 Å². The Labute approximate surface area is 123 Å². The molecular weight excluding hydrogens is 268 g/mol. The van der Waals surface area contributed by atoms with Crippen LogP contribution in [0.5, 0.6) is 0 Å². The number of nitrogens with one attached hydrogen (secondary N) is 1. The number of aryl methyl sites for hydroxylation is 1. The van der Waals surface area contributed by atoms with Crippen LogP contribution < -0.4 is 10.2 Å². The molecule has 1 fully saturated rings. The lowest BCUT2D eigenvalue weighted by Crippen LogP contribution is -2.19. The van der Waals surface area contributed by atoms with Gasteiger partial charge in [0.2, 0.25) is 0 Å². The average Bonchev–Trinajstić information content (AvgIpc) is 3.21. The largest absolute Gasteiger partial charge is 0.369 e. The lowest BCUT2D eigenvalue weighted by atomic mass is 10.2. The molecule has 1 aliphatic rings. The zero-order chi connectivity index (χ0) is 13.9. The van der Waals surface area contributed by atoms with E-state index in [4.69, 9.17) is 0 Å². The van der Waals surface area contributed by atoms with Crippen molar-refractivity contribution in [3.63, 3.8) is 0 Å². The van der Waals surface area contributed by atoms with Crippen LogP contribution >= 0.6 is 11.3 Å². The molecule has 0 radical (unpaired) electrons. The Morgan fingerprint density at radius 3 is 2.95 bits per heavy atom. The Hall–Kier alpha value is -1.46. The van der Waals surface area contributed by atoms with Crippen LogP contribution in [-0.2, 0) is 13.1 Å². The van der Waals surface area contributed by atoms with Gasteiger partial charge in [-0.15, -0.1) is 11.3 Å². The van der Waals surface area contributed by atoms with Crippen molar-refractivity contribution in [2.75, 3.05) is 11.9 Å². The molecule has 1 N–H and O–H groups in total. The van der Waals surface area contributed by atoms with Crippen LogP contribution in [0.25, 0.3) is 0 Å². The molecule has 2 heterocycles. The first-order valence-electron chi connectivity index (χ1n) is 7.01. The first-order valence-corrected chi connectivity index (χ1v) is 7.89. The molecule has 0 saturated heterocycles. The van der Waals surface area contributed by atoms with Crippen molar-refractivity contribution in [3.05, 3.63) is 40.1 Å². The van der Waals surface area contributed by atoms with Gasteiger partial charge in [0.25, 0.3) is 0 Å². The normalized spacial score (nSPS) is 14.5. The number of hydrogen-bond donors (Lipinski definition) is 1. The first-order chi connectivity index (χ1) is 9.72. The molecule has 1 saturated carbocycles. The van der Waals surface area contributed by atoms with E-state index < -0.39 is 0 Å². The molecule has 20 heavy (non-hydrogen) atoms. The van der Waals surface area contributed by atoms with Crippen molar-refractivity contribution in [2.24, 2.45) is 0 Å². The van der Waals surface area contributed by atoms with E-state index in [0.29, 0.717) is 0 Å². The van der Waals surface area contributed by atoms with Gasteiger partial charge in [-0.2, -0.15) is 0 Å². The number of rotatable bonds is 6. The van der Waals surface area contributed by atoms with Crippen LogP contribution in [0.3, 0.4) is 0 Å². The molecule has 106 valence electrons. The monoisotopic (exact) mass is 288 g/mol. The third-order valence-electron chi connectivity index (χ3n) is 3.62. The standard InChI is InChI=1S/C15H20N4S/c1-11-15(20-10-18-11)9-19(2)14-5-6-16-13(7-14)8-17-12-3-4-12/h5-7,10,12,17H,3-4,8-9H2,1-2H3. The Kier molecular flexibility index (Phi) is 3.98. The van der Waals surface area contributed by atoms with Gasteiger partial charge < -0.3 is 10.2 Å². The van der Waals surface area contributed by atoms with E-state index in [2.05, 4.69) is 46.3 Å². The maximum Gasteiger partial charge on any atom is 0.0798 e. The van der Waals surface area contributed by atoms with E-state index in [9.17, 15) is 0 Å². The van der Waals surface area contributed by atoms with Crippen LogP contribution in [0.15, 0.2) is 23.8 Å².